The number of hydrogen-bond donors (Lipinski definition) is 0. The summed E-state index contributed by atoms with van der Waals surface area (Å²) >= 11 is 12.0. The van der Waals surface area contributed by atoms with Crippen molar-refractivity contribution >= 4 is 23.2 Å². The van der Waals surface area contributed by atoms with Crippen LogP contribution in [0.25, 0.3) is 5.69 Å². The standard InChI is InChI=1S/C15H14Cl2N4/c1-10(21-6-5-18-11(21)2)15-8-20(9-19-15)12-3-4-13(16)14(17)7-12/h3-10H,1-2H3. The summed E-state index contributed by atoms with van der Waals surface area (Å²) in [5, 5.41) is 1.08. The van der Waals surface area contributed by atoms with Gasteiger partial charge in [0.25, 0.3) is 0 Å². The first-order valence-electron chi connectivity index (χ1n) is 6.55. The normalized spacial score (nSPS) is 12.6. The van der Waals surface area contributed by atoms with Crippen molar-refractivity contribution in [3.63, 3.8) is 0 Å². The van der Waals surface area contributed by atoms with Gasteiger partial charge in [0, 0.05) is 24.3 Å². The molecule has 0 aliphatic rings. The number of halogens is 2. The third kappa shape index (κ3) is 2.69. The Morgan fingerprint density at radius 1 is 1.14 bits per heavy atom. The minimum absolute atomic E-state index is 0.122. The summed E-state index contributed by atoms with van der Waals surface area (Å²) in [6, 6.07) is 5.63. The Morgan fingerprint density at radius 2 is 1.95 bits per heavy atom. The van der Waals surface area contributed by atoms with E-state index in [0.29, 0.717) is 10.0 Å². The van der Waals surface area contributed by atoms with Crippen LogP contribution >= 0.6 is 23.2 Å². The number of imidazole rings is 2. The van der Waals surface area contributed by atoms with Gasteiger partial charge in [-0.2, -0.15) is 0 Å². The van der Waals surface area contributed by atoms with Crippen molar-refractivity contribution in [2.24, 2.45) is 0 Å². The van der Waals surface area contributed by atoms with E-state index < -0.39 is 0 Å². The minimum Gasteiger partial charge on any atom is -0.326 e. The minimum atomic E-state index is 0.122. The van der Waals surface area contributed by atoms with Gasteiger partial charge in [-0.1, -0.05) is 23.2 Å². The molecule has 0 saturated heterocycles. The zero-order valence-corrected chi connectivity index (χ0v) is 13.2. The average molecular weight is 321 g/mol. The number of rotatable bonds is 3. The number of aromatic nitrogens is 4. The van der Waals surface area contributed by atoms with Crippen LogP contribution in [0.1, 0.15) is 24.5 Å². The molecule has 1 atom stereocenters. The van der Waals surface area contributed by atoms with E-state index in [0.717, 1.165) is 17.2 Å². The number of nitrogens with zero attached hydrogens (tertiary/aromatic N) is 4. The van der Waals surface area contributed by atoms with Crippen LogP contribution in [0.15, 0.2) is 43.1 Å². The Hall–Kier alpha value is -1.78. The summed E-state index contributed by atoms with van der Waals surface area (Å²) < 4.78 is 4.02. The molecule has 108 valence electrons. The van der Waals surface area contributed by atoms with Crippen LogP contribution in [0.3, 0.4) is 0 Å². The van der Waals surface area contributed by atoms with Crippen molar-refractivity contribution in [1.82, 2.24) is 19.1 Å². The number of benzene rings is 1. The lowest BCUT2D eigenvalue weighted by Crippen LogP contribution is -2.07. The maximum Gasteiger partial charge on any atom is 0.106 e. The Morgan fingerprint density at radius 3 is 2.62 bits per heavy atom. The van der Waals surface area contributed by atoms with Gasteiger partial charge in [0.05, 0.1) is 28.1 Å². The van der Waals surface area contributed by atoms with Crippen molar-refractivity contribution in [3.05, 3.63) is 64.7 Å². The molecule has 4 nitrogen and oxygen atoms in total. The Bertz CT molecular complexity index is 776. The topological polar surface area (TPSA) is 35.6 Å². The molecule has 0 N–H and O–H groups in total. The molecular weight excluding hydrogens is 307 g/mol. The van der Waals surface area contributed by atoms with Crippen molar-refractivity contribution in [1.29, 1.82) is 0 Å². The molecule has 1 aromatic carbocycles. The van der Waals surface area contributed by atoms with E-state index in [1.54, 1.807) is 18.6 Å². The predicted molar refractivity (Wildman–Crippen MR) is 84.4 cm³/mol. The van der Waals surface area contributed by atoms with E-state index in [-0.39, 0.29) is 6.04 Å². The molecular formula is C15H14Cl2N4. The fraction of sp³-hybridized carbons (Fsp3) is 0.200. The molecule has 0 aliphatic carbocycles. The zero-order chi connectivity index (χ0) is 15.0. The Labute approximate surface area is 133 Å². The van der Waals surface area contributed by atoms with E-state index >= 15 is 0 Å². The van der Waals surface area contributed by atoms with Crippen LogP contribution < -0.4 is 0 Å². The molecule has 3 rings (SSSR count). The summed E-state index contributed by atoms with van der Waals surface area (Å²) in [7, 11) is 0. The van der Waals surface area contributed by atoms with E-state index in [4.69, 9.17) is 23.2 Å². The highest BCUT2D eigenvalue weighted by Gasteiger charge is 2.13. The SMILES string of the molecule is Cc1nccn1C(C)c1cn(-c2ccc(Cl)c(Cl)c2)cn1. The van der Waals surface area contributed by atoms with E-state index in [9.17, 15) is 0 Å². The van der Waals surface area contributed by atoms with Crippen molar-refractivity contribution in [2.45, 2.75) is 19.9 Å². The average Bonchev–Trinajstić information content (AvgIpc) is 3.10. The third-order valence-electron chi connectivity index (χ3n) is 3.51. The molecule has 2 heterocycles. The van der Waals surface area contributed by atoms with Gasteiger partial charge < -0.3 is 9.13 Å². The third-order valence-corrected chi connectivity index (χ3v) is 4.25. The molecule has 0 spiro atoms. The molecule has 0 aliphatic heterocycles. The zero-order valence-electron chi connectivity index (χ0n) is 11.7. The summed E-state index contributed by atoms with van der Waals surface area (Å²) in [6.07, 6.45) is 7.52. The van der Waals surface area contributed by atoms with Crippen molar-refractivity contribution in [3.8, 4) is 5.69 Å². The van der Waals surface area contributed by atoms with E-state index in [1.165, 1.54) is 0 Å². The monoisotopic (exact) mass is 320 g/mol. The van der Waals surface area contributed by atoms with Gasteiger partial charge in [-0.05, 0) is 32.0 Å². The van der Waals surface area contributed by atoms with Gasteiger partial charge in [-0.25, -0.2) is 9.97 Å². The van der Waals surface area contributed by atoms with Crippen LogP contribution in [-0.2, 0) is 0 Å². The van der Waals surface area contributed by atoms with Gasteiger partial charge in [0.2, 0.25) is 0 Å². The quantitative estimate of drug-likeness (QED) is 0.721. The fourth-order valence-corrected chi connectivity index (χ4v) is 2.57. The van der Waals surface area contributed by atoms with Crippen LogP contribution in [0.4, 0.5) is 0 Å². The van der Waals surface area contributed by atoms with Crippen molar-refractivity contribution in [2.75, 3.05) is 0 Å². The van der Waals surface area contributed by atoms with E-state index in [2.05, 4.69) is 21.5 Å². The van der Waals surface area contributed by atoms with Gasteiger partial charge in [-0.3, -0.25) is 0 Å². The molecule has 6 heteroatoms. The molecule has 2 aromatic heterocycles. The lowest BCUT2D eigenvalue weighted by atomic mass is 10.2. The summed E-state index contributed by atoms with van der Waals surface area (Å²) in [4.78, 5) is 8.73. The molecule has 0 amide bonds. The summed E-state index contributed by atoms with van der Waals surface area (Å²) in [5.74, 6) is 0.964. The highest BCUT2D eigenvalue weighted by atomic mass is 35.5. The molecule has 1 unspecified atom stereocenters. The van der Waals surface area contributed by atoms with Crippen molar-refractivity contribution < 1.29 is 0 Å². The van der Waals surface area contributed by atoms with Gasteiger partial charge in [0.1, 0.15) is 5.82 Å². The van der Waals surface area contributed by atoms with Gasteiger partial charge >= 0.3 is 0 Å². The first-order valence-corrected chi connectivity index (χ1v) is 7.30. The second-order valence-corrected chi connectivity index (χ2v) is 5.68. The van der Waals surface area contributed by atoms with Gasteiger partial charge in [0.15, 0.2) is 0 Å². The highest BCUT2D eigenvalue weighted by molar-refractivity contribution is 6.42. The maximum absolute atomic E-state index is 6.06. The summed E-state index contributed by atoms with van der Waals surface area (Å²) in [6.45, 7) is 4.07. The van der Waals surface area contributed by atoms with Crippen LogP contribution in [0.5, 0.6) is 0 Å². The lowest BCUT2D eigenvalue weighted by Gasteiger charge is -2.12. The van der Waals surface area contributed by atoms with E-state index in [1.807, 2.05) is 36.0 Å². The Kier molecular flexibility index (Phi) is 3.74. The second kappa shape index (κ2) is 5.54. The molecule has 0 saturated carbocycles. The largest absolute Gasteiger partial charge is 0.326 e. The van der Waals surface area contributed by atoms with Gasteiger partial charge in [-0.15, -0.1) is 0 Å². The number of hydrogen-bond acceptors (Lipinski definition) is 2. The fourth-order valence-electron chi connectivity index (χ4n) is 2.28. The predicted octanol–water partition coefficient (Wildman–Crippen LogP) is 4.29. The molecule has 3 aromatic rings. The molecule has 0 radical (unpaired) electrons. The lowest BCUT2D eigenvalue weighted by molar-refractivity contribution is 0.605. The first kappa shape index (κ1) is 14.2. The maximum atomic E-state index is 6.06. The van der Waals surface area contributed by atoms with Crippen LogP contribution in [0.2, 0.25) is 10.0 Å². The first-order chi connectivity index (χ1) is 10.1. The molecule has 21 heavy (non-hydrogen) atoms. The second-order valence-electron chi connectivity index (χ2n) is 4.86. The van der Waals surface area contributed by atoms with Crippen LogP contribution in [-0.4, -0.2) is 19.1 Å². The van der Waals surface area contributed by atoms with Crippen LogP contribution in [0, 0.1) is 6.92 Å². The molecule has 0 fully saturated rings. The number of aryl methyl sites for hydroxylation is 1. The summed E-state index contributed by atoms with van der Waals surface area (Å²) in [5.41, 5.74) is 1.89. The highest BCUT2D eigenvalue weighted by Crippen LogP contribution is 2.25. The smallest absolute Gasteiger partial charge is 0.106 e. The molecule has 0 bridgehead atoms. The Balaban J connectivity index is 1.93.